The first-order valence-corrected chi connectivity index (χ1v) is 6.85. The number of hydrogen-bond donors (Lipinski definition) is 1. The van der Waals surface area contributed by atoms with Gasteiger partial charge in [-0.1, -0.05) is 12.1 Å². The molecule has 0 radical (unpaired) electrons. The van der Waals surface area contributed by atoms with Gasteiger partial charge >= 0.3 is 0 Å². The van der Waals surface area contributed by atoms with Crippen LogP contribution in [0.4, 0.5) is 0 Å². The number of methoxy groups -OCH3 is 2. The van der Waals surface area contributed by atoms with Crippen molar-refractivity contribution in [2.24, 2.45) is 0 Å². The molecule has 4 heteroatoms. The van der Waals surface area contributed by atoms with Crippen molar-refractivity contribution >= 4 is 0 Å². The highest BCUT2D eigenvalue weighted by molar-refractivity contribution is 5.32. The molecule has 0 spiro atoms. The van der Waals surface area contributed by atoms with Gasteiger partial charge in [-0.05, 0) is 49.0 Å². The summed E-state index contributed by atoms with van der Waals surface area (Å²) in [5.74, 6) is 2.48. The minimum atomic E-state index is 0.0993. The quantitative estimate of drug-likeness (QED) is 0.849. The van der Waals surface area contributed by atoms with Gasteiger partial charge in [0.2, 0.25) is 0 Å². The summed E-state index contributed by atoms with van der Waals surface area (Å²) >= 11 is 0. The second-order valence-electron chi connectivity index (χ2n) is 4.60. The van der Waals surface area contributed by atoms with E-state index in [2.05, 4.69) is 11.4 Å². The van der Waals surface area contributed by atoms with Crippen molar-refractivity contribution in [3.8, 4) is 17.2 Å². The zero-order valence-electron chi connectivity index (χ0n) is 12.6. The molecule has 21 heavy (non-hydrogen) atoms. The Morgan fingerprint density at radius 1 is 0.905 bits per heavy atom. The first-order chi connectivity index (χ1) is 10.3. The number of rotatable bonds is 7. The Bertz CT molecular complexity index is 554. The fourth-order valence-electron chi connectivity index (χ4n) is 2.06. The van der Waals surface area contributed by atoms with Gasteiger partial charge in [-0.2, -0.15) is 0 Å². The van der Waals surface area contributed by atoms with E-state index in [0.29, 0.717) is 6.61 Å². The van der Waals surface area contributed by atoms with Crippen LogP contribution >= 0.6 is 0 Å². The first kappa shape index (κ1) is 15.2. The number of nitrogens with one attached hydrogen (secondary N) is 1. The maximum absolute atomic E-state index is 5.83. The Balaban J connectivity index is 2.01. The van der Waals surface area contributed by atoms with Crippen LogP contribution in [-0.4, -0.2) is 27.9 Å². The molecule has 1 atom stereocenters. The van der Waals surface area contributed by atoms with Crippen LogP contribution in [0.25, 0.3) is 0 Å². The standard InChI is InChI=1S/C17H21NO3/c1-18-17(13-5-4-6-16(11-13)20-3)12-21-15-9-7-14(19-2)8-10-15/h4-11,17-18H,12H2,1-3H3. The third kappa shape index (κ3) is 4.13. The molecule has 2 aromatic rings. The van der Waals surface area contributed by atoms with Crippen molar-refractivity contribution in [3.63, 3.8) is 0 Å². The van der Waals surface area contributed by atoms with E-state index in [-0.39, 0.29) is 6.04 Å². The van der Waals surface area contributed by atoms with Crippen LogP contribution in [0.1, 0.15) is 11.6 Å². The molecule has 0 aliphatic heterocycles. The minimum absolute atomic E-state index is 0.0993. The van der Waals surface area contributed by atoms with Gasteiger partial charge in [0, 0.05) is 0 Å². The normalized spacial score (nSPS) is 11.8. The molecule has 0 heterocycles. The maximum atomic E-state index is 5.83. The Kier molecular flexibility index (Phi) is 5.46. The lowest BCUT2D eigenvalue weighted by Gasteiger charge is -2.18. The van der Waals surface area contributed by atoms with Crippen molar-refractivity contribution in [2.45, 2.75) is 6.04 Å². The van der Waals surface area contributed by atoms with Gasteiger partial charge in [-0.15, -0.1) is 0 Å². The molecule has 0 amide bonds. The summed E-state index contributed by atoms with van der Waals surface area (Å²) in [7, 11) is 5.23. The zero-order chi connectivity index (χ0) is 15.1. The molecule has 0 bridgehead atoms. The predicted molar refractivity (Wildman–Crippen MR) is 83.3 cm³/mol. The van der Waals surface area contributed by atoms with E-state index in [4.69, 9.17) is 14.2 Å². The molecule has 0 aliphatic carbocycles. The van der Waals surface area contributed by atoms with E-state index in [1.54, 1.807) is 14.2 Å². The molecular weight excluding hydrogens is 266 g/mol. The molecule has 0 saturated carbocycles. The van der Waals surface area contributed by atoms with Gasteiger partial charge in [-0.25, -0.2) is 0 Å². The molecule has 4 nitrogen and oxygen atoms in total. The number of hydrogen-bond acceptors (Lipinski definition) is 4. The summed E-state index contributed by atoms with van der Waals surface area (Å²) in [6.45, 7) is 0.538. The summed E-state index contributed by atoms with van der Waals surface area (Å²) < 4.78 is 16.2. The Morgan fingerprint density at radius 2 is 1.57 bits per heavy atom. The van der Waals surface area contributed by atoms with Crippen molar-refractivity contribution < 1.29 is 14.2 Å². The van der Waals surface area contributed by atoms with Crippen molar-refractivity contribution in [1.82, 2.24) is 5.32 Å². The Hall–Kier alpha value is -2.20. The molecule has 1 unspecified atom stereocenters. The largest absolute Gasteiger partial charge is 0.497 e. The fourth-order valence-corrected chi connectivity index (χ4v) is 2.06. The lowest BCUT2D eigenvalue weighted by Crippen LogP contribution is -2.23. The van der Waals surface area contributed by atoms with Gasteiger partial charge in [0.05, 0.1) is 20.3 Å². The fraction of sp³-hybridized carbons (Fsp3) is 0.294. The summed E-state index contributed by atoms with van der Waals surface area (Å²) in [5.41, 5.74) is 1.13. The highest BCUT2D eigenvalue weighted by Gasteiger charge is 2.11. The second-order valence-corrected chi connectivity index (χ2v) is 4.60. The van der Waals surface area contributed by atoms with Crippen molar-refractivity contribution in [2.75, 3.05) is 27.9 Å². The van der Waals surface area contributed by atoms with E-state index in [1.165, 1.54) is 0 Å². The molecule has 0 fully saturated rings. The SMILES string of the molecule is CNC(COc1ccc(OC)cc1)c1cccc(OC)c1. The predicted octanol–water partition coefficient (Wildman–Crippen LogP) is 3.04. The van der Waals surface area contributed by atoms with Crippen LogP contribution in [0.15, 0.2) is 48.5 Å². The van der Waals surface area contributed by atoms with Gasteiger partial charge in [0.25, 0.3) is 0 Å². The third-order valence-corrected chi connectivity index (χ3v) is 3.32. The van der Waals surface area contributed by atoms with Crippen molar-refractivity contribution in [3.05, 3.63) is 54.1 Å². The number of benzene rings is 2. The molecule has 2 rings (SSSR count). The lowest BCUT2D eigenvalue weighted by atomic mass is 10.1. The van der Waals surface area contributed by atoms with Crippen LogP contribution in [0.2, 0.25) is 0 Å². The number of ether oxygens (including phenoxy) is 3. The van der Waals surface area contributed by atoms with Gasteiger partial charge in [0.15, 0.2) is 0 Å². The summed E-state index contributed by atoms with van der Waals surface area (Å²) in [6.07, 6.45) is 0. The molecule has 2 aromatic carbocycles. The van der Waals surface area contributed by atoms with Crippen LogP contribution in [0.5, 0.6) is 17.2 Å². The highest BCUT2D eigenvalue weighted by atomic mass is 16.5. The molecule has 0 saturated heterocycles. The zero-order valence-corrected chi connectivity index (χ0v) is 12.6. The van der Waals surface area contributed by atoms with Crippen LogP contribution in [0, 0.1) is 0 Å². The third-order valence-electron chi connectivity index (χ3n) is 3.32. The second kappa shape index (κ2) is 7.55. The van der Waals surface area contributed by atoms with E-state index in [9.17, 15) is 0 Å². The van der Waals surface area contributed by atoms with Gasteiger partial charge < -0.3 is 19.5 Å². The van der Waals surface area contributed by atoms with E-state index < -0.39 is 0 Å². The maximum Gasteiger partial charge on any atom is 0.119 e. The molecule has 112 valence electrons. The lowest BCUT2D eigenvalue weighted by molar-refractivity contribution is 0.272. The summed E-state index contributed by atoms with van der Waals surface area (Å²) in [6, 6.07) is 15.6. The van der Waals surface area contributed by atoms with Crippen LogP contribution in [0.3, 0.4) is 0 Å². The summed E-state index contributed by atoms with van der Waals surface area (Å²) in [4.78, 5) is 0. The smallest absolute Gasteiger partial charge is 0.119 e. The van der Waals surface area contributed by atoms with Crippen LogP contribution < -0.4 is 19.5 Å². The Labute approximate surface area is 125 Å². The van der Waals surface area contributed by atoms with E-state index in [1.807, 2.05) is 49.5 Å². The first-order valence-electron chi connectivity index (χ1n) is 6.85. The molecule has 1 N–H and O–H groups in total. The minimum Gasteiger partial charge on any atom is -0.497 e. The average molecular weight is 287 g/mol. The molecule has 0 aromatic heterocycles. The number of likely N-dealkylation sites (N-methyl/N-ethyl adjacent to an activating group) is 1. The topological polar surface area (TPSA) is 39.7 Å². The molecule has 0 aliphatic rings. The Morgan fingerprint density at radius 3 is 2.19 bits per heavy atom. The van der Waals surface area contributed by atoms with Gasteiger partial charge in [-0.3, -0.25) is 0 Å². The average Bonchev–Trinajstić information content (AvgIpc) is 2.56. The highest BCUT2D eigenvalue weighted by Crippen LogP contribution is 2.21. The van der Waals surface area contributed by atoms with Crippen LogP contribution in [-0.2, 0) is 0 Å². The molecular formula is C17H21NO3. The van der Waals surface area contributed by atoms with E-state index in [0.717, 1.165) is 22.8 Å². The summed E-state index contributed by atoms with van der Waals surface area (Å²) in [5, 5.41) is 3.26. The van der Waals surface area contributed by atoms with Crippen molar-refractivity contribution in [1.29, 1.82) is 0 Å². The van der Waals surface area contributed by atoms with Gasteiger partial charge in [0.1, 0.15) is 23.9 Å². The monoisotopic (exact) mass is 287 g/mol. The van der Waals surface area contributed by atoms with E-state index >= 15 is 0 Å².